The van der Waals surface area contributed by atoms with Crippen molar-refractivity contribution in [1.29, 1.82) is 0 Å². The average molecular weight is 507 g/mol. The molecule has 1 aromatic carbocycles. The molecule has 33 heavy (non-hydrogen) atoms. The van der Waals surface area contributed by atoms with Crippen LogP contribution in [0.1, 0.15) is 34.1 Å². The van der Waals surface area contributed by atoms with E-state index < -0.39 is 23.7 Å². The lowest BCUT2D eigenvalue weighted by Gasteiger charge is -2.29. The molecule has 0 saturated carbocycles. The molecule has 1 rings (SSSR count). The minimum Gasteiger partial charge on any atom is -0.465 e. The molecular formula is C21H42N2O8Si2. The van der Waals surface area contributed by atoms with Crippen LogP contribution in [0.4, 0.5) is 4.79 Å². The molecular weight excluding hydrogens is 464 g/mol. The van der Waals surface area contributed by atoms with Crippen LogP contribution in [0.15, 0.2) is 30.3 Å². The summed E-state index contributed by atoms with van der Waals surface area (Å²) in [5.41, 5.74) is 5.36. The van der Waals surface area contributed by atoms with E-state index in [0.717, 1.165) is 5.19 Å². The third-order valence-corrected chi connectivity index (χ3v) is 10.4. The summed E-state index contributed by atoms with van der Waals surface area (Å²) in [6, 6.07) is 10.2. The van der Waals surface area contributed by atoms with Crippen molar-refractivity contribution in [2.75, 3.05) is 53.9 Å². The first-order chi connectivity index (χ1) is 15.8. The van der Waals surface area contributed by atoms with Gasteiger partial charge in [-0.05, 0) is 34.1 Å². The van der Waals surface area contributed by atoms with E-state index in [-0.39, 0.29) is 6.73 Å². The van der Waals surface area contributed by atoms with E-state index in [0.29, 0.717) is 45.4 Å². The fourth-order valence-corrected chi connectivity index (χ4v) is 7.60. The summed E-state index contributed by atoms with van der Waals surface area (Å²) in [6.07, 6.45) is -0.203. The van der Waals surface area contributed by atoms with E-state index in [9.17, 15) is 4.79 Å². The van der Waals surface area contributed by atoms with Gasteiger partial charge in [0.1, 0.15) is 0 Å². The minimum atomic E-state index is -2.74. The number of benzene rings is 1. The van der Waals surface area contributed by atoms with Crippen LogP contribution >= 0.6 is 0 Å². The van der Waals surface area contributed by atoms with Crippen LogP contribution in [-0.2, 0) is 26.6 Å². The Morgan fingerprint density at radius 3 is 1.82 bits per heavy atom. The van der Waals surface area contributed by atoms with Gasteiger partial charge in [0.05, 0.1) is 6.73 Å². The van der Waals surface area contributed by atoms with Gasteiger partial charge in [-0.1, -0.05) is 30.3 Å². The topological polar surface area (TPSA) is 122 Å². The Labute approximate surface area is 200 Å². The maximum absolute atomic E-state index is 10.9. The lowest BCUT2D eigenvalue weighted by Crippen LogP contribution is -2.56. The van der Waals surface area contributed by atoms with E-state index in [1.54, 1.807) is 14.2 Å². The predicted octanol–water partition coefficient (Wildman–Crippen LogP) is 2.48. The molecule has 1 amide bonds. The normalized spacial score (nSPS) is 11.6. The summed E-state index contributed by atoms with van der Waals surface area (Å²) < 4.78 is 33.2. The van der Waals surface area contributed by atoms with E-state index in [2.05, 4.69) is 0 Å². The lowest BCUT2D eigenvalue weighted by molar-refractivity contribution is 0.0696. The van der Waals surface area contributed by atoms with Gasteiger partial charge in [-0.3, -0.25) is 0 Å². The van der Waals surface area contributed by atoms with Gasteiger partial charge in [0.2, 0.25) is 0 Å². The SMILES string of the molecule is CCO[Si](CCCN(CC)C(=O)O)(OCC)OCC.CO[Si](OC)(OCN)c1ccccc1. The molecule has 10 nitrogen and oxygen atoms in total. The molecule has 0 atom stereocenters. The first kappa shape index (κ1) is 31.6. The maximum atomic E-state index is 10.9. The second kappa shape index (κ2) is 18.0. The lowest BCUT2D eigenvalue weighted by atomic mass is 10.4. The monoisotopic (exact) mass is 506 g/mol. The van der Waals surface area contributed by atoms with E-state index in [1.807, 2.05) is 58.0 Å². The summed E-state index contributed by atoms with van der Waals surface area (Å²) in [5.74, 6) is 0. The van der Waals surface area contributed by atoms with Gasteiger partial charge in [0.25, 0.3) is 0 Å². The summed E-state index contributed by atoms with van der Waals surface area (Å²) >= 11 is 0. The highest BCUT2D eigenvalue weighted by molar-refractivity contribution is 6.75. The molecule has 0 aromatic heterocycles. The molecule has 0 aliphatic heterocycles. The summed E-state index contributed by atoms with van der Waals surface area (Å²) in [4.78, 5) is 12.3. The summed E-state index contributed by atoms with van der Waals surface area (Å²) in [5, 5.41) is 9.87. The van der Waals surface area contributed by atoms with E-state index in [1.165, 1.54) is 4.90 Å². The smallest absolute Gasteiger partial charge is 0.465 e. The molecule has 0 aliphatic rings. The molecule has 0 spiro atoms. The molecule has 0 unspecified atom stereocenters. The molecule has 3 N–H and O–H groups in total. The second-order valence-corrected chi connectivity index (χ2v) is 12.1. The van der Waals surface area contributed by atoms with Crippen LogP contribution in [0, 0.1) is 0 Å². The van der Waals surface area contributed by atoms with Crippen LogP contribution < -0.4 is 10.9 Å². The summed E-state index contributed by atoms with van der Waals surface area (Å²) in [6.45, 7) is 10.2. The van der Waals surface area contributed by atoms with Crippen LogP contribution in [0.3, 0.4) is 0 Å². The Bertz CT molecular complexity index is 607. The van der Waals surface area contributed by atoms with Crippen LogP contribution in [0.5, 0.6) is 0 Å². The average Bonchev–Trinajstić information content (AvgIpc) is 2.82. The molecule has 0 saturated heterocycles. The molecule has 0 radical (unpaired) electrons. The number of hydrogen-bond acceptors (Lipinski definition) is 8. The van der Waals surface area contributed by atoms with E-state index >= 15 is 0 Å². The zero-order valence-corrected chi connectivity index (χ0v) is 22.9. The highest BCUT2D eigenvalue weighted by atomic mass is 28.4. The standard InChI is InChI=1S/C12H27NO5Si.C9H15NO3Si/c1-5-13(12(14)15)10-9-11-19(16-6-2,17-7-3)18-8-4;1-11-14(12-2,13-8-10)9-6-4-3-5-7-9/h5-11H2,1-4H3,(H,14,15);3-7H,8,10H2,1-2H3. The molecule has 192 valence electrons. The van der Waals surface area contributed by atoms with Crippen LogP contribution in [0.25, 0.3) is 0 Å². The fraction of sp³-hybridized carbons (Fsp3) is 0.667. The van der Waals surface area contributed by atoms with E-state index in [4.69, 9.17) is 37.4 Å². The van der Waals surface area contributed by atoms with Gasteiger partial charge >= 0.3 is 23.7 Å². The number of nitrogens with zero attached hydrogens (tertiary/aromatic N) is 1. The van der Waals surface area contributed by atoms with Crippen molar-refractivity contribution in [2.24, 2.45) is 5.73 Å². The fourth-order valence-electron chi connectivity index (χ4n) is 3.15. The minimum absolute atomic E-state index is 0.0861. The highest BCUT2D eigenvalue weighted by Gasteiger charge is 2.41. The van der Waals surface area contributed by atoms with Gasteiger partial charge in [0.15, 0.2) is 0 Å². The van der Waals surface area contributed by atoms with Gasteiger partial charge < -0.3 is 42.3 Å². The number of hydrogen-bond donors (Lipinski definition) is 2. The van der Waals surface area contributed by atoms with Crippen molar-refractivity contribution < 1.29 is 36.5 Å². The Balaban J connectivity index is 0.000000647. The van der Waals surface area contributed by atoms with Gasteiger partial charge in [-0.2, -0.15) is 0 Å². The van der Waals surface area contributed by atoms with Gasteiger partial charge in [0, 0.05) is 58.4 Å². The number of carbonyl (C=O) groups is 1. The number of amides is 1. The first-order valence-corrected chi connectivity index (χ1v) is 14.9. The predicted molar refractivity (Wildman–Crippen MR) is 131 cm³/mol. The molecule has 1 aromatic rings. The molecule has 0 bridgehead atoms. The van der Waals surface area contributed by atoms with Gasteiger partial charge in [-0.15, -0.1) is 0 Å². The molecule has 0 fully saturated rings. The van der Waals surface area contributed by atoms with Crippen molar-refractivity contribution in [2.45, 2.75) is 40.2 Å². The summed E-state index contributed by atoms with van der Waals surface area (Å²) in [7, 11) is -2.24. The Kier molecular flexibility index (Phi) is 17.3. The van der Waals surface area contributed by atoms with Crippen molar-refractivity contribution in [1.82, 2.24) is 4.90 Å². The molecule has 12 heteroatoms. The molecule has 0 aliphatic carbocycles. The van der Waals surface area contributed by atoms with Crippen LogP contribution in [-0.4, -0.2) is 87.6 Å². The Morgan fingerprint density at radius 2 is 1.45 bits per heavy atom. The highest BCUT2D eigenvalue weighted by Crippen LogP contribution is 2.18. The number of rotatable bonds is 16. The van der Waals surface area contributed by atoms with Crippen molar-refractivity contribution in [3.63, 3.8) is 0 Å². The van der Waals surface area contributed by atoms with Crippen molar-refractivity contribution in [3.05, 3.63) is 30.3 Å². The zero-order chi connectivity index (χ0) is 25.2. The third-order valence-electron chi connectivity index (χ3n) is 4.59. The Hall–Kier alpha value is -1.36. The largest absolute Gasteiger partial charge is 0.537 e. The third kappa shape index (κ3) is 11.1. The first-order valence-electron chi connectivity index (χ1n) is 11.2. The second-order valence-electron chi connectivity index (χ2n) is 6.59. The van der Waals surface area contributed by atoms with Crippen molar-refractivity contribution in [3.8, 4) is 0 Å². The quantitative estimate of drug-likeness (QED) is 0.257. The maximum Gasteiger partial charge on any atom is 0.537 e. The number of carboxylic acid groups (broad SMARTS) is 1. The number of nitrogens with two attached hydrogens (primary N) is 1. The molecule has 0 heterocycles. The zero-order valence-electron chi connectivity index (χ0n) is 20.9. The Morgan fingerprint density at radius 1 is 0.939 bits per heavy atom. The van der Waals surface area contributed by atoms with Gasteiger partial charge in [-0.25, -0.2) is 4.79 Å². The van der Waals surface area contributed by atoms with Crippen LogP contribution in [0.2, 0.25) is 6.04 Å². The van der Waals surface area contributed by atoms with Crippen molar-refractivity contribution >= 4 is 28.9 Å².